The van der Waals surface area contributed by atoms with Crippen molar-refractivity contribution in [2.24, 2.45) is 34.8 Å². The Morgan fingerprint density at radius 3 is 2.00 bits per heavy atom. The van der Waals surface area contributed by atoms with Crippen LogP contribution in [0, 0.1) is 11.8 Å². The van der Waals surface area contributed by atoms with E-state index in [0.717, 1.165) is 41.7 Å². The number of rotatable bonds is 4. The van der Waals surface area contributed by atoms with Crippen molar-refractivity contribution in [1.82, 2.24) is 0 Å². The fourth-order valence-corrected chi connectivity index (χ4v) is 4.71. The van der Waals surface area contributed by atoms with Crippen molar-refractivity contribution in [3.8, 4) is 5.75 Å². The van der Waals surface area contributed by atoms with Crippen molar-refractivity contribution in [3.63, 3.8) is 0 Å². The predicted octanol–water partition coefficient (Wildman–Crippen LogP) is -7.46. The smallest absolute Gasteiger partial charge is 0.336 e. The molecule has 2 bridgehead atoms. The second-order valence-electron chi connectivity index (χ2n) is 9.01. The van der Waals surface area contributed by atoms with Gasteiger partial charge in [-0.2, -0.15) is 0 Å². The average Bonchev–Trinajstić information content (AvgIpc) is 2.85. The van der Waals surface area contributed by atoms with Crippen LogP contribution in [-0.2, 0) is 20.8 Å². The molecule has 15 N–H and O–H groups in total. The molecule has 2 aromatic rings. The first-order valence-corrected chi connectivity index (χ1v) is 14.6. The molecule has 3 aliphatic rings. The number of aromatic amines is 1. The van der Waals surface area contributed by atoms with Crippen LogP contribution in [0.5, 0.6) is 5.75 Å². The van der Waals surface area contributed by atoms with Gasteiger partial charge in [-0.15, -0.1) is 6.58 Å². The number of nitrogens with one attached hydrogen (secondary N) is 2. The Kier molecular flexibility index (Phi) is 15.9. The molecule has 0 radical (unpaired) electrons. The lowest BCUT2D eigenvalue weighted by atomic mass is 9.73. The van der Waals surface area contributed by atoms with Gasteiger partial charge in [-0.05, 0) is 18.1 Å². The zero-order chi connectivity index (χ0) is 32.8. The number of guanidine groups is 2. The fraction of sp³-hybridized carbons (Fsp3) is 0.409. The first-order valence-electron chi connectivity index (χ1n) is 11.9. The van der Waals surface area contributed by atoms with Crippen LogP contribution in [0.3, 0.4) is 0 Å². The number of aliphatic hydroxyl groups excluding tert-OH is 1. The van der Waals surface area contributed by atoms with Crippen LogP contribution in [-0.4, -0.2) is 78.3 Å². The Morgan fingerprint density at radius 1 is 1.10 bits per heavy atom. The van der Waals surface area contributed by atoms with E-state index in [-0.39, 0.29) is 18.0 Å². The number of methoxy groups -OCH3 is 1. The first kappa shape index (κ1) is 38.4. The van der Waals surface area contributed by atoms with Gasteiger partial charge in [0, 0.05) is 57.3 Å². The van der Waals surface area contributed by atoms with E-state index in [1.165, 1.54) is 11.3 Å². The lowest BCUT2D eigenvalue weighted by Crippen LogP contribution is -3.20. The average molecular weight is 639 g/mol. The Morgan fingerprint density at radius 2 is 1.60 bits per heavy atom. The van der Waals surface area contributed by atoms with Gasteiger partial charge in [-0.1, -0.05) is 6.08 Å². The minimum Gasteiger partial charge on any atom is -0.759 e. The quantitative estimate of drug-likeness (QED) is 0.0507. The molecular formula is C22H38N8O10S2. The van der Waals surface area contributed by atoms with E-state index < -0.39 is 26.9 Å². The summed E-state index contributed by atoms with van der Waals surface area (Å²) in [7, 11) is -8.66. The molecule has 238 valence electrons. The van der Waals surface area contributed by atoms with Crippen molar-refractivity contribution < 1.29 is 65.6 Å². The van der Waals surface area contributed by atoms with Gasteiger partial charge in [-0.25, -0.2) is 4.98 Å². The van der Waals surface area contributed by atoms with Gasteiger partial charge in [0.1, 0.15) is 17.9 Å². The van der Waals surface area contributed by atoms with Crippen LogP contribution >= 0.6 is 0 Å². The number of aliphatic hydroxyl groups is 1. The van der Waals surface area contributed by atoms with E-state index in [0.29, 0.717) is 11.8 Å². The summed E-state index contributed by atoms with van der Waals surface area (Å²) in [5.41, 5.74) is 20.4. The molecule has 1 unspecified atom stereocenters. The summed E-state index contributed by atoms with van der Waals surface area (Å²) >= 11 is 0. The van der Waals surface area contributed by atoms with Crippen molar-refractivity contribution in [3.05, 3.63) is 48.7 Å². The Balaban J connectivity index is 0.000000768. The van der Waals surface area contributed by atoms with Gasteiger partial charge in [0.25, 0.3) is 0 Å². The van der Waals surface area contributed by atoms with Crippen molar-refractivity contribution >= 4 is 43.6 Å². The normalized spacial score (nSPS) is 21.2. The summed E-state index contributed by atoms with van der Waals surface area (Å²) in [4.78, 5) is 4.79. The zero-order valence-electron chi connectivity index (χ0n) is 22.7. The van der Waals surface area contributed by atoms with Crippen LogP contribution < -0.4 is 48.4 Å². The molecule has 3 saturated heterocycles. The third-order valence-corrected chi connectivity index (χ3v) is 6.06. The lowest BCUT2D eigenvalue weighted by Gasteiger charge is -2.47. The maximum absolute atomic E-state index is 11.2. The molecule has 0 saturated carbocycles. The highest BCUT2D eigenvalue weighted by atomic mass is 32.3. The number of pyridine rings is 1. The maximum Gasteiger partial charge on any atom is 0.336 e. The molecule has 20 heteroatoms. The predicted molar refractivity (Wildman–Crippen MR) is 144 cm³/mol. The van der Waals surface area contributed by atoms with E-state index in [2.05, 4.69) is 51.4 Å². The number of aromatic nitrogens is 1. The zero-order valence-corrected chi connectivity index (χ0v) is 24.3. The van der Waals surface area contributed by atoms with Crippen LogP contribution in [0.2, 0.25) is 0 Å². The standard InChI is InChI=1S/C20H24N2O2.2CH5N3.2H2O4S/c1-3-13-12-22-9-7-14(13)10-19(22)20(23)16-6-8-21-18-5-4-15(24-2)11-17(16)18;2*2-1(3)4;2*1-5(2,3)4/h3-6,8,11,13-14,19-20,23H,1,7,9-10,12H2,2H3;2*(H5,2,3,4);2*(H2,1,2,3,4)/t13-,14-,19+,20-;;;;/m0..../s1. The molecule has 1 aromatic carbocycles. The monoisotopic (exact) mass is 638 g/mol. The highest BCUT2D eigenvalue weighted by Gasteiger charge is 2.45. The van der Waals surface area contributed by atoms with Crippen molar-refractivity contribution in [2.45, 2.75) is 25.0 Å². The van der Waals surface area contributed by atoms with E-state index in [4.69, 9.17) is 39.8 Å². The molecule has 0 aliphatic carbocycles. The molecule has 5 rings (SSSR count). The third-order valence-electron chi connectivity index (χ3n) is 6.06. The molecule has 4 heterocycles. The summed E-state index contributed by atoms with van der Waals surface area (Å²) in [6, 6.07) is 8.26. The van der Waals surface area contributed by atoms with Crippen LogP contribution in [0.4, 0.5) is 0 Å². The topological polar surface area (TPSA) is 364 Å². The molecular weight excluding hydrogens is 600 g/mol. The maximum atomic E-state index is 11.2. The number of nitrogens with two attached hydrogens (primary N) is 6. The van der Waals surface area contributed by atoms with Gasteiger partial charge in [0.05, 0.1) is 25.6 Å². The summed E-state index contributed by atoms with van der Waals surface area (Å²) in [5.74, 6) is 1.94. The molecule has 1 aromatic heterocycles. The highest BCUT2D eigenvalue weighted by molar-refractivity contribution is 7.79. The lowest BCUT2D eigenvalue weighted by molar-refractivity contribution is -0.949. The van der Waals surface area contributed by atoms with Crippen molar-refractivity contribution in [2.75, 3.05) is 20.2 Å². The third kappa shape index (κ3) is 16.6. The van der Waals surface area contributed by atoms with Crippen LogP contribution in [0.1, 0.15) is 24.5 Å². The summed E-state index contributed by atoms with van der Waals surface area (Å²) in [6.07, 6.45) is 5.93. The largest absolute Gasteiger partial charge is 0.759 e. The Bertz CT molecular complexity index is 1340. The molecule has 5 atom stereocenters. The summed E-state index contributed by atoms with van der Waals surface area (Å²) < 4.78 is 73.5. The molecule has 0 amide bonds. The number of piperidine rings is 3. The highest BCUT2D eigenvalue weighted by Crippen LogP contribution is 2.34. The Hall–Kier alpha value is -3.63. The minimum atomic E-state index is -5.17. The van der Waals surface area contributed by atoms with E-state index in [9.17, 15) is 5.11 Å². The second-order valence-corrected chi connectivity index (χ2v) is 10.6. The molecule has 0 spiro atoms. The minimum absolute atomic E-state index is 0.0833. The number of benzene rings is 1. The Labute approximate surface area is 243 Å². The number of hydrogen-bond donors (Lipinski definition) is 8. The number of hydrogen-bond acceptors (Lipinski definition) is 10. The molecule has 18 nitrogen and oxygen atoms in total. The van der Waals surface area contributed by atoms with E-state index in [1.807, 2.05) is 30.5 Å². The van der Waals surface area contributed by atoms with Gasteiger partial charge in [-0.3, -0.25) is 50.6 Å². The molecule has 3 fully saturated rings. The molecule has 3 aliphatic heterocycles. The summed E-state index contributed by atoms with van der Waals surface area (Å²) in [5, 5.41) is 21.4. The number of quaternary nitrogens is 1. The van der Waals surface area contributed by atoms with Gasteiger partial charge in [0.2, 0.25) is 5.52 Å². The summed E-state index contributed by atoms with van der Waals surface area (Å²) in [6.45, 7) is 6.27. The van der Waals surface area contributed by atoms with Crippen molar-refractivity contribution in [1.29, 1.82) is 0 Å². The SMILES string of the molecule is C=C[C@H]1C[NH+]2CC[C@H]1C[C@@H]2[C@@H](O)c1cc[nH+]c2ccc(OC)cc12.NC(N)=[NH2+].NC(N)=[NH2+].O=S(=O)([O-])[O-].O=S(=O)([O-])[O-]. The molecule has 42 heavy (non-hydrogen) atoms. The van der Waals surface area contributed by atoms with Gasteiger partial charge < -0.3 is 33.0 Å². The number of fused-ring (bicyclic) bond motifs is 4. The first-order chi connectivity index (χ1) is 19.2. The van der Waals surface area contributed by atoms with Gasteiger partial charge in [0.15, 0.2) is 6.20 Å². The number of ether oxygens (including phenoxy) is 1. The number of H-pyrrole nitrogens is 1. The van der Waals surface area contributed by atoms with E-state index in [1.54, 1.807) is 7.11 Å². The van der Waals surface area contributed by atoms with Gasteiger partial charge >= 0.3 is 11.9 Å². The van der Waals surface area contributed by atoms with Crippen LogP contribution in [0.25, 0.3) is 10.9 Å². The second kappa shape index (κ2) is 17.4. The fourth-order valence-electron chi connectivity index (χ4n) is 4.71. The van der Waals surface area contributed by atoms with E-state index >= 15 is 0 Å². The van der Waals surface area contributed by atoms with Crippen LogP contribution in [0.15, 0.2) is 43.1 Å².